The van der Waals surface area contributed by atoms with Crippen LogP contribution < -0.4 is 4.90 Å². The largest absolute Gasteiger partial charge is 0.483 e. The van der Waals surface area contributed by atoms with Crippen LogP contribution in [0.4, 0.5) is 5.82 Å². The molecule has 0 unspecified atom stereocenters. The number of anilines is 1. The van der Waals surface area contributed by atoms with Crippen LogP contribution in [0.15, 0.2) is 30.2 Å². The van der Waals surface area contributed by atoms with E-state index in [9.17, 15) is 4.79 Å². The molecule has 3 aliphatic rings. The molecule has 1 amide bonds. The maximum Gasteiger partial charge on any atom is 0.290 e. The molecule has 3 fully saturated rings. The number of thiazole rings is 1. The van der Waals surface area contributed by atoms with Crippen molar-refractivity contribution in [1.82, 2.24) is 24.8 Å². The summed E-state index contributed by atoms with van der Waals surface area (Å²) in [5.41, 5.74) is -0.227. The van der Waals surface area contributed by atoms with Gasteiger partial charge in [-0.2, -0.15) is 0 Å². The first-order chi connectivity index (χ1) is 15.6. The van der Waals surface area contributed by atoms with Crippen molar-refractivity contribution in [2.45, 2.75) is 51.2 Å². The Morgan fingerprint density at radius 2 is 2.00 bits per heavy atom. The zero-order valence-corrected chi connectivity index (χ0v) is 19.2. The summed E-state index contributed by atoms with van der Waals surface area (Å²) in [4.78, 5) is 42.1. The van der Waals surface area contributed by atoms with Crippen molar-refractivity contribution in [2.75, 3.05) is 31.1 Å². The summed E-state index contributed by atoms with van der Waals surface area (Å²) in [5.74, 6) is 1.27. The van der Waals surface area contributed by atoms with Crippen LogP contribution in [0.1, 0.15) is 37.6 Å². The van der Waals surface area contributed by atoms with Crippen molar-refractivity contribution in [3.63, 3.8) is 0 Å². The second-order valence-corrected chi connectivity index (χ2v) is 9.49. The number of carbonyl (C=O) groups excluding carboxylic acids is 1. The number of fused-ring (bicyclic) bond motifs is 2. The van der Waals surface area contributed by atoms with Gasteiger partial charge in [-0.15, -0.1) is 11.3 Å². The number of carboxylic acid groups (broad SMARTS) is 1. The lowest BCUT2D eigenvalue weighted by Crippen LogP contribution is -2.56. The minimum atomic E-state index is -0.250. The maximum atomic E-state index is 13.8. The molecule has 9 nitrogen and oxygen atoms in total. The van der Waals surface area contributed by atoms with Gasteiger partial charge in [0.15, 0.2) is 0 Å². The van der Waals surface area contributed by atoms with Gasteiger partial charge in [0, 0.05) is 62.2 Å². The van der Waals surface area contributed by atoms with E-state index in [1.54, 1.807) is 29.9 Å². The highest BCUT2D eigenvalue weighted by molar-refractivity contribution is 7.09. The molecule has 5 heterocycles. The van der Waals surface area contributed by atoms with Gasteiger partial charge in [0.05, 0.1) is 18.2 Å². The molecule has 32 heavy (non-hydrogen) atoms. The third-order valence-corrected chi connectivity index (χ3v) is 7.94. The van der Waals surface area contributed by atoms with Gasteiger partial charge in [-0.1, -0.05) is 6.92 Å². The van der Waals surface area contributed by atoms with E-state index < -0.39 is 0 Å². The van der Waals surface area contributed by atoms with E-state index in [4.69, 9.17) is 9.90 Å². The predicted octanol–water partition coefficient (Wildman–Crippen LogP) is 2.12. The monoisotopic (exact) mass is 458 g/mol. The molecule has 0 spiro atoms. The van der Waals surface area contributed by atoms with Gasteiger partial charge < -0.3 is 14.9 Å². The van der Waals surface area contributed by atoms with E-state index in [2.05, 4.69) is 36.6 Å². The molecule has 0 radical (unpaired) electrons. The highest BCUT2D eigenvalue weighted by atomic mass is 32.1. The Hall–Kier alpha value is -2.59. The molecule has 5 rings (SSSR count). The third-order valence-electron chi connectivity index (χ3n) is 7.18. The van der Waals surface area contributed by atoms with Gasteiger partial charge in [-0.05, 0) is 25.7 Å². The second-order valence-electron chi connectivity index (χ2n) is 8.51. The SMILES string of the molecule is CC[C@]1(C(=O)N2CCN(c3cnccn3)CC2)C[C@H]2CC[C@@H]1N2Cc1nccs1.O=CO. The van der Waals surface area contributed by atoms with Crippen molar-refractivity contribution in [1.29, 1.82) is 0 Å². The van der Waals surface area contributed by atoms with Crippen LogP contribution in [-0.4, -0.2) is 80.5 Å². The fourth-order valence-corrected chi connectivity index (χ4v) is 6.33. The lowest BCUT2D eigenvalue weighted by Gasteiger charge is -2.43. The Bertz CT molecular complexity index is 890. The smallest absolute Gasteiger partial charge is 0.290 e. The Morgan fingerprint density at radius 1 is 1.22 bits per heavy atom. The molecule has 3 aliphatic heterocycles. The van der Waals surface area contributed by atoms with Crippen LogP contribution in [0, 0.1) is 5.41 Å². The normalized spacial score (nSPS) is 27.2. The fourth-order valence-electron chi connectivity index (χ4n) is 5.70. The first-order valence-electron chi connectivity index (χ1n) is 11.1. The van der Waals surface area contributed by atoms with Crippen LogP contribution in [0.25, 0.3) is 0 Å². The Balaban J connectivity index is 0.000000775. The Labute approximate surface area is 192 Å². The maximum absolute atomic E-state index is 13.8. The van der Waals surface area contributed by atoms with E-state index in [0.29, 0.717) is 18.0 Å². The molecular weight excluding hydrogens is 428 g/mol. The van der Waals surface area contributed by atoms with Gasteiger partial charge >= 0.3 is 0 Å². The summed E-state index contributed by atoms with van der Waals surface area (Å²) in [5, 5.41) is 10.1. The molecule has 1 N–H and O–H groups in total. The minimum Gasteiger partial charge on any atom is -0.483 e. The second kappa shape index (κ2) is 9.91. The van der Waals surface area contributed by atoms with Crippen LogP contribution in [0.3, 0.4) is 0 Å². The van der Waals surface area contributed by atoms with Gasteiger partial charge in [0.2, 0.25) is 5.91 Å². The van der Waals surface area contributed by atoms with E-state index >= 15 is 0 Å². The minimum absolute atomic E-state index is 0.227. The number of piperazine rings is 1. The van der Waals surface area contributed by atoms with Crippen molar-refractivity contribution >= 4 is 29.5 Å². The molecule has 3 saturated heterocycles. The van der Waals surface area contributed by atoms with E-state index in [1.165, 1.54) is 11.4 Å². The zero-order valence-electron chi connectivity index (χ0n) is 18.3. The Kier molecular flexibility index (Phi) is 7.00. The number of nitrogens with zero attached hydrogens (tertiary/aromatic N) is 6. The van der Waals surface area contributed by atoms with Crippen LogP contribution in [-0.2, 0) is 16.1 Å². The van der Waals surface area contributed by atoms with Crippen molar-refractivity contribution < 1.29 is 14.7 Å². The van der Waals surface area contributed by atoms with Crippen LogP contribution in [0.5, 0.6) is 0 Å². The Morgan fingerprint density at radius 3 is 2.62 bits per heavy atom. The number of hydrogen-bond acceptors (Lipinski definition) is 8. The number of carbonyl (C=O) groups is 2. The molecule has 0 aromatic carbocycles. The molecular formula is C22H30N6O3S. The average molecular weight is 459 g/mol. The molecule has 2 aromatic heterocycles. The van der Waals surface area contributed by atoms with Crippen LogP contribution in [0.2, 0.25) is 0 Å². The third kappa shape index (κ3) is 4.21. The van der Waals surface area contributed by atoms with Crippen molar-refractivity contribution in [3.8, 4) is 0 Å². The number of rotatable bonds is 5. The standard InChI is InChI=1S/C21H28N6OS.CH2O2/c1-2-21(13-16-3-4-17(21)27(16)15-19-24-7-12-29-19)20(28)26-10-8-25(9-11-26)18-14-22-5-6-23-18;2-1-3/h5-7,12,14,16-17H,2-4,8-11,13,15H2,1H3;1H,(H,2,3)/t16-,17+,21+;/m1./s1. The molecule has 0 aliphatic carbocycles. The van der Waals surface area contributed by atoms with Crippen LogP contribution >= 0.6 is 11.3 Å². The quantitative estimate of drug-likeness (QED) is 0.680. The highest BCUT2D eigenvalue weighted by Crippen LogP contribution is 2.53. The summed E-state index contributed by atoms with van der Waals surface area (Å²) >= 11 is 1.72. The van der Waals surface area contributed by atoms with Gasteiger partial charge in [0.25, 0.3) is 6.47 Å². The molecule has 10 heteroatoms. The van der Waals surface area contributed by atoms with E-state index in [1.807, 2.05) is 11.6 Å². The molecule has 172 valence electrons. The summed E-state index contributed by atoms with van der Waals surface area (Å²) in [6, 6.07) is 0.876. The number of amides is 1. The number of aromatic nitrogens is 3. The highest BCUT2D eigenvalue weighted by Gasteiger charge is 2.59. The van der Waals surface area contributed by atoms with Gasteiger partial charge in [-0.3, -0.25) is 19.5 Å². The topological polar surface area (TPSA) is 103 Å². The summed E-state index contributed by atoms with van der Waals surface area (Å²) in [6.07, 6.45) is 11.4. The molecule has 2 bridgehead atoms. The molecule has 0 saturated carbocycles. The summed E-state index contributed by atoms with van der Waals surface area (Å²) in [7, 11) is 0. The lowest BCUT2D eigenvalue weighted by molar-refractivity contribution is -0.145. The van der Waals surface area contributed by atoms with Crippen molar-refractivity contribution in [3.05, 3.63) is 35.2 Å². The molecule has 2 aromatic rings. The predicted molar refractivity (Wildman–Crippen MR) is 121 cm³/mol. The number of hydrogen-bond donors (Lipinski definition) is 1. The first-order valence-corrected chi connectivity index (χ1v) is 12.0. The fraction of sp³-hybridized carbons (Fsp3) is 0.591. The van der Waals surface area contributed by atoms with Gasteiger partial charge in [-0.25, -0.2) is 9.97 Å². The zero-order chi connectivity index (χ0) is 22.6. The van der Waals surface area contributed by atoms with E-state index in [0.717, 1.165) is 57.8 Å². The van der Waals surface area contributed by atoms with Crippen molar-refractivity contribution in [2.24, 2.45) is 5.41 Å². The average Bonchev–Trinajstić information content (AvgIpc) is 3.57. The molecule has 3 atom stereocenters. The first kappa shape index (κ1) is 22.6. The summed E-state index contributed by atoms with van der Waals surface area (Å²) < 4.78 is 0. The van der Waals surface area contributed by atoms with E-state index in [-0.39, 0.29) is 11.9 Å². The van der Waals surface area contributed by atoms with Gasteiger partial charge in [0.1, 0.15) is 10.8 Å². The lowest BCUT2D eigenvalue weighted by atomic mass is 9.70. The summed E-state index contributed by atoms with van der Waals surface area (Å²) in [6.45, 7) is 6.02.